The molecule has 0 saturated carbocycles. The highest BCUT2D eigenvalue weighted by molar-refractivity contribution is 7.92. The first-order chi connectivity index (χ1) is 12.5. The molecule has 0 bridgehead atoms. The van der Waals surface area contributed by atoms with E-state index in [1.165, 1.54) is 6.07 Å². The van der Waals surface area contributed by atoms with Crippen LogP contribution in [0.3, 0.4) is 0 Å². The molecular formula is C17H13N5O3S. The van der Waals surface area contributed by atoms with Crippen molar-refractivity contribution in [2.75, 3.05) is 4.72 Å². The number of nitrogens with zero attached hydrogens (tertiary/aromatic N) is 4. The minimum atomic E-state index is -3.98. The van der Waals surface area contributed by atoms with Gasteiger partial charge in [-0.3, -0.25) is 4.98 Å². The lowest BCUT2D eigenvalue weighted by atomic mass is 10.3. The SMILES string of the molecule is Cc1nc(NS(=O)(=O)c2cc3ccccc3o2)nc(-c2ccccn2)n1. The van der Waals surface area contributed by atoms with Gasteiger partial charge in [0.2, 0.25) is 11.0 Å². The largest absolute Gasteiger partial charge is 0.443 e. The van der Waals surface area contributed by atoms with Crippen molar-refractivity contribution >= 4 is 26.9 Å². The number of pyridine rings is 1. The molecule has 4 rings (SSSR count). The predicted octanol–water partition coefficient (Wildman–Crippen LogP) is 2.79. The van der Waals surface area contributed by atoms with E-state index in [1.807, 2.05) is 0 Å². The maximum Gasteiger partial charge on any atom is 0.297 e. The van der Waals surface area contributed by atoms with Crippen LogP contribution in [-0.2, 0) is 10.0 Å². The van der Waals surface area contributed by atoms with Crippen molar-refractivity contribution in [3.63, 3.8) is 0 Å². The van der Waals surface area contributed by atoms with Crippen molar-refractivity contribution in [3.8, 4) is 11.5 Å². The number of para-hydroxylation sites is 1. The first kappa shape index (κ1) is 16.2. The molecule has 0 aliphatic carbocycles. The van der Waals surface area contributed by atoms with Gasteiger partial charge >= 0.3 is 0 Å². The van der Waals surface area contributed by atoms with Crippen molar-refractivity contribution in [2.24, 2.45) is 0 Å². The number of benzene rings is 1. The molecule has 130 valence electrons. The Hall–Kier alpha value is -3.33. The molecule has 4 aromatic rings. The van der Waals surface area contributed by atoms with Gasteiger partial charge < -0.3 is 4.42 Å². The summed E-state index contributed by atoms with van der Waals surface area (Å²) in [6.45, 7) is 1.65. The van der Waals surface area contributed by atoms with E-state index in [2.05, 4.69) is 24.7 Å². The van der Waals surface area contributed by atoms with E-state index in [0.29, 0.717) is 22.5 Å². The quantitative estimate of drug-likeness (QED) is 0.590. The van der Waals surface area contributed by atoms with Gasteiger partial charge in [0.15, 0.2) is 5.82 Å². The summed E-state index contributed by atoms with van der Waals surface area (Å²) in [5.41, 5.74) is 0.996. The Labute approximate surface area is 149 Å². The van der Waals surface area contributed by atoms with Crippen LogP contribution in [-0.4, -0.2) is 28.4 Å². The highest BCUT2D eigenvalue weighted by Crippen LogP contribution is 2.24. The average molecular weight is 367 g/mol. The second-order valence-electron chi connectivity index (χ2n) is 5.45. The Bertz CT molecular complexity index is 1160. The third-order valence-electron chi connectivity index (χ3n) is 3.53. The lowest BCUT2D eigenvalue weighted by molar-refractivity contribution is 0.484. The summed E-state index contributed by atoms with van der Waals surface area (Å²) in [4.78, 5) is 16.6. The molecular weight excluding hydrogens is 354 g/mol. The zero-order valence-corrected chi connectivity index (χ0v) is 14.4. The van der Waals surface area contributed by atoms with Crippen molar-refractivity contribution < 1.29 is 12.8 Å². The third kappa shape index (κ3) is 3.11. The van der Waals surface area contributed by atoms with Gasteiger partial charge in [-0.1, -0.05) is 24.3 Å². The number of anilines is 1. The Balaban J connectivity index is 1.71. The van der Waals surface area contributed by atoms with Crippen LogP contribution in [0.5, 0.6) is 0 Å². The molecule has 9 heteroatoms. The van der Waals surface area contributed by atoms with Gasteiger partial charge in [-0.15, -0.1) is 0 Å². The maximum absolute atomic E-state index is 12.6. The van der Waals surface area contributed by atoms with E-state index < -0.39 is 10.0 Å². The Kier molecular flexibility index (Phi) is 3.85. The first-order valence-corrected chi connectivity index (χ1v) is 9.15. The van der Waals surface area contributed by atoms with Gasteiger partial charge in [0, 0.05) is 17.6 Å². The Morgan fingerprint density at radius 1 is 1.00 bits per heavy atom. The number of fused-ring (bicyclic) bond motifs is 1. The zero-order valence-electron chi connectivity index (χ0n) is 13.6. The lowest BCUT2D eigenvalue weighted by Gasteiger charge is -2.06. The second kappa shape index (κ2) is 6.19. The van der Waals surface area contributed by atoms with E-state index in [-0.39, 0.29) is 16.9 Å². The number of furan rings is 1. The Morgan fingerprint density at radius 3 is 2.58 bits per heavy atom. The van der Waals surface area contributed by atoms with Gasteiger partial charge in [0.05, 0.1) is 0 Å². The molecule has 0 radical (unpaired) electrons. The summed E-state index contributed by atoms with van der Waals surface area (Å²) < 4.78 is 33.0. The average Bonchev–Trinajstić information content (AvgIpc) is 3.07. The molecule has 0 spiro atoms. The molecule has 1 N–H and O–H groups in total. The van der Waals surface area contributed by atoms with Crippen LogP contribution in [0.1, 0.15) is 5.82 Å². The summed E-state index contributed by atoms with van der Waals surface area (Å²) >= 11 is 0. The molecule has 0 aliphatic heterocycles. The van der Waals surface area contributed by atoms with E-state index >= 15 is 0 Å². The van der Waals surface area contributed by atoms with Crippen LogP contribution in [0.25, 0.3) is 22.5 Å². The number of aromatic nitrogens is 4. The first-order valence-electron chi connectivity index (χ1n) is 7.67. The topological polar surface area (TPSA) is 111 Å². The van der Waals surface area contributed by atoms with E-state index in [4.69, 9.17) is 4.42 Å². The lowest BCUT2D eigenvalue weighted by Crippen LogP contribution is -2.15. The molecule has 1 aromatic carbocycles. The number of hydrogen-bond donors (Lipinski definition) is 1. The molecule has 0 amide bonds. The van der Waals surface area contributed by atoms with Crippen LogP contribution < -0.4 is 4.72 Å². The number of aryl methyl sites for hydroxylation is 1. The molecule has 3 aromatic heterocycles. The van der Waals surface area contributed by atoms with Crippen molar-refractivity contribution in [1.29, 1.82) is 0 Å². The molecule has 0 saturated heterocycles. The predicted molar refractivity (Wildman–Crippen MR) is 94.8 cm³/mol. The third-order valence-corrected chi connectivity index (χ3v) is 4.72. The van der Waals surface area contributed by atoms with Crippen LogP contribution in [0.4, 0.5) is 5.95 Å². The minimum Gasteiger partial charge on any atom is -0.443 e. The van der Waals surface area contributed by atoms with Crippen LogP contribution in [0.15, 0.2) is 64.2 Å². The number of hydrogen-bond acceptors (Lipinski definition) is 7. The van der Waals surface area contributed by atoms with Gasteiger partial charge in [-0.25, -0.2) is 9.71 Å². The minimum absolute atomic E-state index is 0.0985. The number of sulfonamides is 1. The van der Waals surface area contributed by atoms with E-state index in [9.17, 15) is 8.42 Å². The fraction of sp³-hybridized carbons (Fsp3) is 0.0588. The van der Waals surface area contributed by atoms with Gasteiger partial charge in [-0.05, 0) is 25.1 Å². The molecule has 0 fully saturated rings. The van der Waals surface area contributed by atoms with E-state index in [1.54, 1.807) is 55.6 Å². The highest BCUT2D eigenvalue weighted by atomic mass is 32.2. The second-order valence-corrected chi connectivity index (χ2v) is 7.07. The normalized spacial score (nSPS) is 11.6. The summed E-state index contributed by atoms with van der Waals surface area (Å²) in [6, 6.07) is 13.8. The summed E-state index contributed by atoms with van der Waals surface area (Å²) in [5, 5.41) is 0.477. The zero-order chi connectivity index (χ0) is 18.1. The maximum atomic E-state index is 12.6. The fourth-order valence-corrected chi connectivity index (χ4v) is 3.31. The summed E-state index contributed by atoms with van der Waals surface area (Å²) in [6.07, 6.45) is 1.60. The fourth-order valence-electron chi connectivity index (χ4n) is 2.40. The van der Waals surface area contributed by atoms with Crippen LogP contribution in [0, 0.1) is 6.92 Å². The molecule has 0 aliphatic rings. The monoisotopic (exact) mass is 367 g/mol. The van der Waals surface area contributed by atoms with Crippen LogP contribution >= 0.6 is 0 Å². The molecule has 0 unspecified atom stereocenters. The van der Waals surface area contributed by atoms with E-state index in [0.717, 1.165) is 0 Å². The summed E-state index contributed by atoms with van der Waals surface area (Å²) in [5.74, 6) is 0.543. The van der Waals surface area contributed by atoms with Crippen molar-refractivity contribution in [3.05, 3.63) is 60.6 Å². The number of nitrogens with one attached hydrogen (secondary N) is 1. The Morgan fingerprint density at radius 2 is 1.81 bits per heavy atom. The van der Waals surface area contributed by atoms with Gasteiger partial charge in [0.1, 0.15) is 17.1 Å². The van der Waals surface area contributed by atoms with Crippen molar-refractivity contribution in [2.45, 2.75) is 12.0 Å². The molecule has 3 heterocycles. The standard InChI is InChI=1S/C17H13N5O3S/c1-11-19-16(13-7-4-5-9-18-13)21-17(20-11)22-26(23,24)15-10-12-6-2-3-8-14(12)25-15/h2-10H,1H3,(H,19,20,21,22). The summed E-state index contributed by atoms with van der Waals surface area (Å²) in [7, 11) is -3.98. The smallest absolute Gasteiger partial charge is 0.297 e. The molecule has 0 atom stereocenters. The van der Waals surface area contributed by atoms with Crippen molar-refractivity contribution in [1.82, 2.24) is 19.9 Å². The highest BCUT2D eigenvalue weighted by Gasteiger charge is 2.21. The van der Waals surface area contributed by atoms with Gasteiger partial charge in [0.25, 0.3) is 10.0 Å². The number of rotatable bonds is 4. The molecule has 8 nitrogen and oxygen atoms in total. The van der Waals surface area contributed by atoms with Crippen LogP contribution in [0.2, 0.25) is 0 Å². The van der Waals surface area contributed by atoms with Gasteiger partial charge in [-0.2, -0.15) is 18.4 Å². The molecule has 26 heavy (non-hydrogen) atoms.